The molecular weight excluding hydrogens is 246 g/mol. The van der Waals surface area contributed by atoms with E-state index in [0.29, 0.717) is 18.9 Å². The quantitative estimate of drug-likeness (QED) is 0.809. The van der Waals surface area contributed by atoms with Crippen molar-refractivity contribution in [1.29, 1.82) is 0 Å². The van der Waals surface area contributed by atoms with Crippen molar-refractivity contribution < 1.29 is 19.4 Å². The van der Waals surface area contributed by atoms with Gasteiger partial charge in [0.2, 0.25) is 5.90 Å². The van der Waals surface area contributed by atoms with Crippen LogP contribution in [0.3, 0.4) is 0 Å². The van der Waals surface area contributed by atoms with Crippen LogP contribution in [0.25, 0.3) is 0 Å². The average Bonchev–Trinajstić information content (AvgIpc) is 2.88. The number of ether oxygens (including phenoxy) is 2. The van der Waals surface area contributed by atoms with E-state index in [1.807, 2.05) is 30.3 Å². The van der Waals surface area contributed by atoms with E-state index in [-0.39, 0.29) is 18.6 Å². The van der Waals surface area contributed by atoms with Gasteiger partial charge in [-0.2, -0.15) is 0 Å². The number of hydrogen-bond acceptors (Lipinski definition) is 5. The second kappa shape index (κ2) is 6.33. The maximum Gasteiger partial charge on any atom is 0.302 e. The van der Waals surface area contributed by atoms with E-state index in [2.05, 4.69) is 4.99 Å². The highest BCUT2D eigenvalue weighted by atomic mass is 16.5. The van der Waals surface area contributed by atoms with Gasteiger partial charge < -0.3 is 14.6 Å². The van der Waals surface area contributed by atoms with E-state index >= 15 is 0 Å². The van der Waals surface area contributed by atoms with Crippen LogP contribution in [0.4, 0.5) is 0 Å². The third-order valence-electron chi connectivity index (χ3n) is 2.85. The van der Waals surface area contributed by atoms with Crippen LogP contribution >= 0.6 is 0 Å². The Morgan fingerprint density at radius 3 is 2.89 bits per heavy atom. The van der Waals surface area contributed by atoms with E-state index < -0.39 is 6.10 Å². The molecule has 102 valence electrons. The third-order valence-corrected chi connectivity index (χ3v) is 2.85. The molecular formula is C14H17NO4. The number of hydrogen-bond donors (Lipinski definition) is 1. The molecule has 2 atom stereocenters. The number of aliphatic imine (C=N–C) groups is 1. The van der Waals surface area contributed by atoms with Crippen LogP contribution in [0.5, 0.6) is 0 Å². The van der Waals surface area contributed by atoms with Gasteiger partial charge in [-0.3, -0.25) is 4.79 Å². The lowest BCUT2D eigenvalue weighted by molar-refractivity contribution is -0.148. The van der Waals surface area contributed by atoms with Crippen LogP contribution < -0.4 is 0 Å². The predicted octanol–water partition coefficient (Wildman–Crippen LogP) is 1.15. The van der Waals surface area contributed by atoms with Gasteiger partial charge in [0, 0.05) is 25.5 Å². The normalized spacial score (nSPS) is 19.5. The van der Waals surface area contributed by atoms with Crippen molar-refractivity contribution in [2.24, 2.45) is 4.99 Å². The molecule has 5 heteroatoms. The van der Waals surface area contributed by atoms with E-state index in [1.165, 1.54) is 6.92 Å². The lowest BCUT2D eigenvalue weighted by atomic mass is 10.1. The monoisotopic (exact) mass is 263 g/mol. The molecule has 5 nitrogen and oxygen atoms in total. The zero-order chi connectivity index (χ0) is 13.7. The van der Waals surface area contributed by atoms with E-state index in [4.69, 9.17) is 14.6 Å². The summed E-state index contributed by atoms with van der Waals surface area (Å²) in [7, 11) is 0. The summed E-state index contributed by atoms with van der Waals surface area (Å²) in [5, 5.41) is 9.01. The SMILES string of the molecule is CC(=O)O[C@H](CCO)[C@H]1COC(c2ccccc2)=N1. The maximum atomic E-state index is 11.0. The fourth-order valence-corrected chi connectivity index (χ4v) is 1.99. The number of aliphatic hydroxyl groups is 1. The van der Waals surface area contributed by atoms with Gasteiger partial charge in [-0.05, 0) is 12.1 Å². The zero-order valence-electron chi connectivity index (χ0n) is 10.8. The Bertz CT molecular complexity index is 458. The molecule has 0 saturated heterocycles. The lowest BCUT2D eigenvalue weighted by Crippen LogP contribution is -2.31. The fourth-order valence-electron chi connectivity index (χ4n) is 1.99. The second-order valence-corrected chi connectivity index (χ2v) is 4.34. The number of carbonyl (C=O) groups is 1. The Balaban J connectivity index is 2.09. The summed E-state index contributed by atoms with van der Waals surface area (Å²) in [6.45, 7) is 1.66. The fraction of sp³-hybridized carbons (Fsp3) is 0.429. The number of rotatable bonds is 5. The molecule has 0 fully saturated rings. The van der Waals surface area contributed by atoms with E-state index in [0.717, 1.165) is 5.56 Å². The molecule has 1 aromatic rings. The minimum atomic E-state index is -0.441. The highest BCUT2D eigenvalue weighted by Gasteiger charge is 2.29. The topological polar surface area (TPSA) is 68.1 Å². The molecule has 1 N–H and O–H groups in total. The molecule has 0 spiro atoms. The van der Waals surface area contributed by atoms with Gasteiger partial charge >= 0.3 is 5.97 Å². The van der Waals surface area contributed by atoms with Gasteiger partial charge in [0.1, 0.15) is 18.8 Å². The summed E-state index contributed by atoms with van der Waals surface area (Å²) in [6, 6.07) is 9.30. The van der Waals surface area contributed by atoms with Crippen molar-refractivity contribution in [2.75, 3.05) is 13.2 Å². The smallest absolute Gasteiger partial charge is 0.302 e. The number of carbonyl (C=O) groups excluding carboxylic acids is 1. The lowest BCUT2D eigenvalue weighted by Gasteiger charge is -2.18. The first-order valence-corrected chi connectivity index (χ1v) is 6.25. The van der Waals surface area contributed by atoms with Gasteiger partial charge in [-0.15, -0.1) is 0 Å². The first-order valence-electron chi connectivity index (χ1n) is 6.25. The van der Waals surface area contributed by atoms with Gasteiger partial charge in [0.05, 0.1) is 0 Å². The average molecular weight is 263 g/mol. The van der Waals surface area contributed by atoms with Crippen LogP contribution in [0.1, 0.15) is 18.9 Å². The van der Waals surface area contributed by atoms with Gasteiger partial charge in [-0.1, -0.05) is 18.2 Å². The van der Waals surface area contributed by atoms with Crippen molar-refractivity contribution in [1.82, 2.24) is 0 Å². The standard InChI is InChI=1S/C14H17NO4/c1-10(17)19-13(7-8-16)12-9-18-14(15-12)11-5-3-2-4-6-11/h2-6,12-13,16H,7-9H2,1H3/t12-,13-/m1/s1. The van der Waals surface area contributed by atoms with Gasteiger partial charge in [-0.25, -0.2) is 4.99 Å². The summed E-state index contributed by atoms with van der Waals surface area (Å²) < 4.78 is 10.7. The zero-order valence-corrected chi connectivity index (χ0v) is 10.8. The highest BCUT2D eigenvalue weighted by Crippen LogP contribution is 2.18. The summed E-state index contributed by atoms with van der Waals surface area (Å²) in [5.74, 6) is 0.183. The molecule has 1 aliphatic heterocycles. The Labute approximate surface area is 111 Å². The summed E-state index contributed by atoms with van der Waals surface area (Å²) in [5.41, 5.74) is 0.899. The first kappa shape index (κ1) is 13.5. The van der Waals surface area contributed by atoms with Crippen LogP contribution in [-0.4, -0.2) is 42.3 Å². The summed E-state index contributed by atoms with van der Waals surface area (Å²) in [6.07, 6.45) is -0.0807. The molecule has 1 aliphatic rings. The van der Waals surface area contributed by atoms with Crippen molar-refractivity contribution in [3.8, 4) is 0 Å². The maximum absolute atomic E-state index is 11.0. The molecule has 0 bridgehead atoms. The molecule has 1 heterocycles. The summed E-state index contributed by atoms with van der Waals surface area (Å²) >= 11 is 0. The van der Waals surface area contributed by atoms with Crippen molar-refractivity contribution in [3.05, 3.63) is 35.9 Å². The third kappa shape index (κ3) is 3.54. The van der Waals surface area contributed by atoms with Gasteiger partial charge in [0.15, 0.2) is 0 Å². The molecule has 0 aliphatic carbocycles. The second-order valence-electron chi connectivity index (χ2n) is 4.34. The minimum absolute atomic E-state index is 0.0510. The largest absolute Gasteiger partial charge is 0.475 e. The molecule has 0 unspecified atom stereocenters. The van der Waals surface area contributed by atoms with E-state index in [9.17, 15) is 4.79 Å². The highest BCUT2D eigenvalue weighted by molar-refractivity contribution is 5.95. The van der Waals surface area contributed by atoms with Crippen molar-refractivity contribution >= 4 is 11.9 Å². The molecule has 0 radical (unpaired) electrons. The number of esters is 1. The Morgan fingerprint density at radius 1 is 1.53 bits per heavy atom. The molecule has 0 saturated carbocycles. The predicted molar refractivity (Wildman–Crippen MR) is 70.0 cm³/mol. The number of nitrogens with zero attached hydrogens (tertiary/aromatic N) is 1. The molecule has 19 heavy (non-hydrogen) atoms. The van der Waals surface area contributed by atoms with Gasteiger partial charge in [0.25, 0.3) is 0 Å². The Hall–Kier alpha value is -1.88. The Morgan fingerprint density at radius 2 is 2.26 bits per heavy atom. The minimum Gasteiger partial charge on any atom is -0.475 e. The van der Waals surface area contributed by atoms with Crippen LogP contribution in [0.2, 0.25) is 0 Å². The molecule has 2 rings (SSSR count). The van der Waals surface area contributed by atoms with E-state index in [1.54, 1.807) is 0 Å². The molecule has 1 aromatic carbocycles. The Kier molecular flexibility index (Phi) is 4.52. The number of aliphatic hydroxyl groups excluding tert-OH is 1. The number of benzene rings is 1. The van der Waals surface area contributed by atoms with Crippen LogP contribution in [0, 0.1) is 0 Å². The van der Waals surface area contributed by atoms with Crippen molar-refractivity contribution in [2.45, 2.75) is 25.5 Å². The van der Waals surface area contributed by atoms with Crippen LogP contribution in [0.15, 0.2) is 35.3 Å². The molecule has 0 amide bonds. The molecule has 0 aromatic heterocycles. The summed E-state index contributed by atoms with van der Waals surface area (Å²) in [4.78, 5) is 15.5. The van der Waals surface area contributed by atoms with Crippen LogP contribution in [-0.2, 0) is 14.3 Å². The first-order chi connectivity index (χ1) is 9.20. The van der Waals surface area contributed by atoms with Crippen molar-refractivity contribution in [3.63, 3.8) is 0 Å².